The molecule has 7 heteroatoms. The van der Waals surface area contributed by atoms with Crippen LogP contribution in [0, 0.1) is 0 Å². The summed E-state index contributed by atoms with van der Waals surface area (Å²) in [6.45, 7) is 0. The highest BCUT2D eigenvalue weighted by molar-refractivity contribution is 7.22. The molecule has 7 rings (SSSR count). The Hall–Kier alpha value is -4.36. The van der Waals surface area contributed by atoms with E-state index in [9.17, 15) is 9.59 Å². The fourth-order valence-corrected chi connectivity index (χ4v) is 5.16. The lowest BCUT2D eigenvalue weighted by Crippen LogP contribution is -2.00. The lowest BCUT2D eigenvalue weighted by molar-refractivity contribution is 0.0990. The molecule has 0 atom stereocenters. The lowest BCUT2D eigenvalue weighted by Gasteiger charge is -2.00. The molecule has 0 amide bonds. The van der Waals surface area contributed by atoms with Gasteiger partial charge in [0.05, 0.1) is 10.5 Å². The lowest BCUT2D eigenvalue weighted by atomic mass is 10.0. The maximum absolute atomic E-state index is 12.9. The molecule has 0 aliphatic heterocycles. The molecule has 0 radical (unpaired) electrons. The van der Waals surface area contributed by atoms with E-state index >= 15 is 0 Å². The van der Waals surface area contributed by atoms with Crippen molar-refractivity contribution >= 4 is 61.3 Å². The summed E-state index contributed by atoms with van der Waals surface area (Å²) in [6, 6.07) is 21.2. The first-order chi connectivity index (χ1) is 16.1. The molecule has 3 aromatic carbocycles. The van der Waals surface area contributed by atoms with Gasteiger partial charge >= 0.3 is 0 Å². The van der Waals surface area contributed by atoms with E-state index in [-0.39, 0.29) is 34.5 Å². The van der Waals surface area contributed by atoms with E-state index in [1.165, 1.54) is 6.08 Å². The summed E-state index contributed by atoms with van der Waals surface area (Å²) in [5.74, 6) is -0.152. The summed E-state index contributed by atoms with van der Waals surface area (Å²) in [7, 11) is 0. The van der Waals surface area contributed by atoms with Crippen LogP contribution in [0.5, 0.6) is 0 Å². The first-order valence-electron chi connectivity index (χ1n) is 10.2. The second-order valence-electron chi connectivity index (χ2n) is 7.79. The van der Waals surface area contributed by atoms with Crippen molar-refractivity contribution in [3.8, 4) is 10.8 Å². The Morgan fingerprint density at radius 3 is 2.03 bits per heavy atom. The van der Waals surface area contributed by atoms with E-state index in [1.54, 1.807) is 23.5 Å². The largest absolute Gasteiger partial charge is 0.415 e. The topological polar surface area (TPSA) is 86.2 Å². The third-order valence-electron chi connectivity index (χ3n) is 5.76. The highest BCUT2D eigenvalue weighted by atomic mass is 32.1. The third kappa shape index (κ3) is 2.73. The summed E-state index contributed by atoms with van der Waals surface area (Å²) >= 11 is 1.57. The smallest absolute Gasteiger partial charge is 0.288 e. The van der Waals surface area contributed by atoms with Crippen molar-refractivity contribution in [1.29, 1.82) is 0 Å². The number of benzene rings is 3. The molecule has 0 unspecified atom stereocenters. The Labute approximate surface area is 189 Å². The number of nitrogens with zero attached hydrogens (tertiary/aromatic N) is 2. The number of aromatic nitrogens is 2. The van der Waals surface area contributed by atoms with Crippen molar-refractivity contribution in [1.82, 2.24) is 9.97 Å². The first kappa shape index (κ1) is 18.2. The second-order valence-corrected chi connectivity index (χ2v) is 8.87. The quantitative estimate of drug-likeness (QED) is 0.228. The number of rotatable bonds is 2. The van der Waals surface area contributed by atoms with Crippen LogP contribution in [0.2, 0.25) is 0 Å². The normalized spacial score (nSPS) is 13.5. The van der Waals surface area contributed by atoms with Gasteiger partial charge in [0, 0.05) is 21.9 Å². The van der Waals surface area contributed by atoms with Gasteiger partial charge in [-0.1, -0.05) is 42.5 Å². The highest BCUT2D eigenvalue weighted by Gasteiger charge is 2.34. The van der Waals surface area contributed by atoms with Gasteiger partial charge in [-0.25, -0.2) is 0 Å². The minimum atomic E-state index is -0.338. The van der Waals surface area contributed by atoms with Crippen LogP contribution in [-0.2, 0) is 0 Å². The molecule has 3 heterocycles. The summed E-state index contributed by atoms with van der Waals surface area (Å²) in [6.07, 6.45) is 1.37. The van der Waals surface area contributed by atoms with Crippen LogP contribution in [0.25, 0.3) is 49.1 Å². The van der Waals surface area contributed by atoms with Crippen molar-refractivity contribution in [2.45, 2.75) is 0 Å². The average molecular weight is 448 g/mol. The van der Waals surface area contributed by atoms with E-state index in [0.29, 0.717) is 17.0 Å². The average Bonchev–Trinajstić information content (AvgIpc) is 3.57. The zero-order valence-corrected chi connectivity index (χ0v) is 17.7. The standard InChI is InChI=1S/C26H12N2O4S/c29-22-16-9-13-5-1-2-6-14(13)10-17(16)23(30)18(22)12-21-27-25-26(31-21)28-24(32-25)20-11-15-7-3-4-8-19(15)33-20/h1-12H. The predicted octanol–water partition coefficient (Wildman–Crippen LogP) is 6.31. The summed E-state index contributed by atoms with van der Waals surface area (Å²) < 4.78 is 12.6. The fourth-order valence-electron chi connectivity index (χ4n) is 4.18. The molecule has 3 aromatic heterocycles. The third-order valence-corrected chi connectivity index (χ3v) is 6.86. The zero-order chi connectivity index (χ0) is 22.1. The molecule has 6 nitrogen and oxygen atoms in total. The molecule has 0 spiro atoms. The van der Waals surface area contributed by atoms with Gasteiger partial charge in [0.15, 0.2) is 11.6 Å². The van der Waals surface area contributed by atoms with E-state index in [0.717, 1.165) is 25.7 Å². The van der Waals surface area contributed by atoms with E-state index in [1.807, 2.05) is 54.6 Å². The Morgan fingerprint density at radius 2 is 1.36 bits per heavy atom. The van der Waals surface area contributed by atoms with Gasteiger partial charge in [-0.3, -0.25) is 9.59 Å². The van der Waals surface area contributed by atoms with Gasteiger partial charge in [0.2, 0.25) is 11.8 Å². The Bertz CT molecular complexity index is 1700. The summed E-state index contributed by atoms with van der Waals surface area (Å²) in [5, 5.41) is 2.92. The maximum Gasteiger partial charge on any atom is 0.288 e. The number of carbonyl (C=O) groups excluding carboxylic acids is 2. The molecular formula is C26H12N2O4S. The monoisotopic (exact) mass is 448 g/mol. The Balaban J connectivity index is 1.26. The zero-order valence-electron chi connectivity index (χ0n) is 16.9. The number of Topliss-reactive ketones (excluding diaryl/α,β-unsaturated/α-hetero) is 2. The molecule has 0 fully saturated rings. The molecular weight excluding hydrogens is 436 g/mol. The number of hydrogen-bond donors (Lipinski definition) is 0. The molecule has 33 heavy (non-hydrogen) atoms. The maximum atomic E-state index is 12.9. The summed E-state index contributed by atoms with van der Waals surface area (Å²) in [4.78, 5) is 35.4. The Morgan fingerprint density at radius 1 is 0.727 bits per heavy atom. The molecule has 156 valence electrons. The van der Waals surface area contributed by atoms with Crippen molar-refractivity contribution < 1.29 is 18.4 Å². The minimum absolute atomic E-state index is 0.0222. The number of fused-ring (bicyclic) bond motifs is 4. The molecule has 1 aliphatic carbocycles. The molecule has 0 N–H and O–H groups in total. The van der Waals surface area contributed by atoms with Crippen LogP contribution in [0.15, 0.2) is 81.1 Å². The van der Waals surface area contributed by atoms with Crippen LogP contribution in [0.1, 0.15) is 26.6 Å². The van der Waals surface area contributed by atoms with Crippen LogP contribution in [-0.4, -0.2) is 21.5 Å². The van der Waals surface area contributed by atoms with Crippen LogP contribution in [0.4, 0.5) is 0 Å². The van der Waals surface area contributed by atoms with E-state index in [2.05, 4.69) is 9.97 Å². The van der Waals surface area contributed by atoms with E-state index < -0.39 is 0 Å². The number of hydrogen-bond acceptors (Lipinski definition) is 7. The molecule has 6 aromatic rings. The van der Waals surface area contributed by atoms with Crippen molar-refractivity contribution in [3.05, 3.63) is 89.3 Å². The van der Waals surface area contributed by atoms with E-state index in [4.69, 9.17) is 8.83 Å². The van der Waals surface area contributed by atoms with Gasteiger partial charge in [0.1, 0.15) is 0 Å². The van der Waals surface area contributed by atoms with Gasteiger partial charge in [-0.15, -0.1) is 11.3 Å². The van der Waals surface area contributed by atoms with Crippen LogP contribution >= 0.6 is 11.3 Å². The van der Waals surface area contributed by atoms with Crippen LogP contribution in [0.3, 0.4) is 0 Å². The number of carbonyl (C=O) groups is 2. The SMILES string of the molecule is O=C1C(=Cc2nc3oc(-c4cc5ccccc5s4)nc3o2)C(=O)c2cc3ccccc3cc21. The van der Waals surface area contributed by atoms with Gasteiger partial charge in [-0.2, -0.15) is 9.97 Å². The molecule has 0 bridgehead atoms. The predicted molar refractivity (Wildman–Crippen MR) is 125 cm³/mol. The minimum Gasteiger partial charge on any atom is -0.415 e. The number of ketones is 2. The fraction of sp³-hybridized carbons (Fsp3) is 0. The number of thiophene rings is 1. The van der Waals surface area contributed by atoms with Crippen molar-refractivity contribution in [2.75, 3.05) is 0 Å². The highest BCUT2D eigenvalue weighted by Crippen LogP contribution is 2.35. The van der Waals surface area contributed by atoms with Crippen molar-refractivity contribution in [3.63, 3.8) is 0 Å². The number of allylic oxidation sites excluding steroid dienone is 1. The Kier molecular flexibility index (Phi) is 3.63. The summed E-state index contributed by atoms with van der Waals surface area (Å²) in [5.41, 5.74) is 1.25. The second kappa shape index (κ2) is 6.57. The van der Waals surface area contributed by atoms with Gasteiger partial charge in [0.25, 0.3) is 11.4 Å². The van der Waals surface area contributed by atoms with Gasteiger partial charge < -0.3 is 8.83 Å². The van der Waals surface area contributed by atoms with Gasteiger partial charge in [-0.05, 0) is 40.4 Å². The molecule has 1 aliphatic rings. The number of oxazole rings is 2. The van der Waals surface area contributed by atoms with Crippen molar-refractivity contribution in [2.24, 2.45) is 0 Å². The molecule has 0 saturated heterocycles. The molecule has 0 saturated carbocycles. The first-order valence-corrected chi connectivity index (χ1v) is 11.1. The van der Waals surface area contributed by atoms with Crippen LogP contribution < -0.4 is 0 Å².